The summed E-state index contributed by atoms with van der Waals surface area (Å²) in [4.78, 5) is 8.74. The highest BCUT2D eigenvalue weighted by atomic mass is 32.2. The molecule has 0 amide bonds. The molecule has 0 bridgehead atoms. The summed E-state index contributed by atoms with van der Waals surface area (Å²) in [6, 6.07) is 0.554. The van der Waals surface area contributed by atoms with Crippen LogP contribution in [-0.4, -0.2) is 34.1 Å². The molecule has 1 saturated heterocycles. The summed E-state index contributed by atoms with van der Waals surface area (Å²) in [5, 5.41) is 6.90. The van der Waals surface area contributed by atoms with E-state index in [1.165, 1.54) is 29.9 Å². The molecular weight excluding hydrogens is 244 g/mol. The van der Waals surface area contributed by atoms with Gasteiger partial charge in [0.1, 0.15) is 18.0 Å². The maximum absolute atomic E-state index is 4.42. The lowest BCUT2D eigenvalue weighted by Crippen LogP contribution is -2.27. The van der Waals surface area contributed by atoms with E-state index in [4.69, 9.17) is 0 Å². The molecule has 18 heavy (non-hydrogen) atoms. The van der Waals surface area contributed by atoms with Crippen LogP contribution >= 0.6 is 11.8 Å². The van der Waals surface area contributed by atoms with E-state index in [-0.39, 0.29) is 0 Å². The van der Waals surface area contributed by atoms with Gasteiger partial charge in [-0.25, -0.2) is 9.97 Å². The van der Waals surface area contributed by atoms with Gasteiger partial charge in [-0.15, -0.1) is 0 Å². The number of hydrogen-bond acceptors (Lipinski definition) is 5. The number of nitrogens with zero attached hydrogens (tertiary/aromatic N) is 2. The van der Waals surface area contributed by atoms with Gasteiger partial charge in [0.2, 0.25) is 0 Å². The minimum absolute atomic E-state index is 0.554. The molecule has 1 fully saturated rings. The third-order valence-corrected chi connectivity index (χ3v) is 4.36. The first-order valence-corrected chi connectivity index (χ1v) is 7.92. The van der Waals surface area contributed by atoms with E-state index in [0.717, 1.165) is 24.6 Å². The third kappa shape index (κ3) is 3.28. The summed E-state index contributed by atoms with van der Waals surface area (Å²) in [6.45, 7) is 5.13. The second-order valence-electron chi connectivity index (χ2n) is 4.49. The third-order valence-electron chi connectivity index (χ3n) is 3.14. The van der Waals surface area contributed by atoms with E-state index in [9.17, 15) is 0 Å². The minimum atomic E-state index is 0.554. The molecule has 0 aromatic carbocycles. The van der Waals surface area contributed by atoms with Crippen molar-refractivity contribution in [2.45, 2.75) is 39.2 Å². The van der Waals surface area contributed by atoms with E-state index in [1.807, 2.05) is 11.8 Å². The van der Waals surface area contributed by atoms with E-state index in [2.05, 4.69) is 34.4 Å². The van der Waals surface area contributed by atoms with Crippen molar-refractivity contribution in [1.82, 2.24) is 9.97 Å². The molecule has 2 N–H and O–H groups in total. The fourth-order valence-corrected chi connectivity index (χ4v) is 3.31. The standard InChI is InChI=1S/C13H22N4S/c1-3-11-12(14-4-2)15-9-16-13(11)17-10-6-5-7-18-8-10/h9-10H,3-8H2,1-2H3,(H2,14,15,16,17). The molecule has 1 aromatic heterocycles. The number of thioether (sulfide) groups is 1. The van der Waals surface area contributed by atoms with Gasteiger partial charge in [-0.1, -0.05) is 6.92 Å². The second-order valence-corrected chi connectivity index (χ2v) is 5.64. The highest BCUT2D eigenvalue weighted by molar-refractivity contribution is 7.99. The molecule has 1 aromatic rings. The molecule has 1 atom stereocenters. The van der Waals surface area contributed by atoms with Crippen LogP contribution in [0.3, 0.4) is 0 Å². The Labute approximate surface area is 113 Å². The quantitative estimate of drug-likeness (QED) is 0.858. The van der Waals surface area contributed by atoms with Crippen LogP contribution in [0.4, 0.5) is 11.6 Å². The van der Waals surface area contributed by atoms with E-state index in [1.54, 1.807) is 6.33 Å². The first-order valence-electron chi connectivity index (χ1n) is 6.77. The highest BCUT2D eigenvalue weighted by Crippen LogP contribution is 2.24. The maximum atomic E-state index is 4.42. The molecule has 0 spiro atoms. The van der Waals surface area contributed by atoms with Gasteiger partial charge in [0.05, 0.1) is 0 Å². The smallest absolute Gasteiger partial charge is 0.134 e. The van der Waals surface area contributed by atoms with Gasteiger partial charge >= 0.3 is 0 Å². The monoisotopic (exact) mass is 266 g/mol. The van der Waals surface area contributed by atoms with Crippen molar-refractivity contribution in [3.63, 3.8) is 0 Å². The molecule has 2 rings (SSSR count). The number of rotatable bonds is 5. The lowest BCUT2D eigenvalue weighted by Gasteiger charge is -2.24. The van der Waals surface area contributed by atoms with Crippen molar-refractivity contribution in [3.8, 4) is 0 Å². The van der Waals surface area contributed by atoms with Crippen LogP contribution in [0.2, 0.25) is 0 Å². The first-order chi connectivity index (χ1) is 8.85. The Bertz CT molecular complexity index is 377. The second kappa shape index (κ2) is 6.83. The summed E-state index contributed by atoms with van der Waals surface area (Å²) >= 11 is 2.03. The topological polar surface area (TPSA) is 49.8 Å². The maximum Gasteiger partial charge on any atom is 0.134 e. The van der Waals surface area contributed by atoms with Crippen LogP contribution in [0.5, 0.6) is 0 Å². The normalized spacial score (nSPS) is 19.6. The van der Waals surface area contributed by atoms with Crippen molar-refractivity contribution in [2.24, 2.45) is 0 Å². The van der Waals surface area contributed by atoms with E-state index >= 15 is 0 Å². The van der Waals surface area contributed by atoms with Crippen molar-refractivity contribution in [3.05, 3.63) is 11.9 Å². The van der Waals surface area contributed by atoms with Crippen LogP contribution in [0.1, 0.15) is 32.3 Å². The summed E-state index contributed by atoms with van der Waals surface area (Å²) < 4.78 is 0. The fourth-order valence-electron chi connectivity index (χ4n) is 2.24. The molecule has 1 unspecified atom stereocenters. The van der Waals surface area contributed by atoms with Gasteiger partial charge in [0.25, 0.3) is 0 Å². The molecule has 5 heteroatoms. The zero-order chi connectivity index (χ0) is 12.8. The van der Waals surface area contributed by atoms with E-state index < -0.39 is 0 Å². The molecule has 4 nitrogen and oxygen atoms in total. The van der Waals surface area contributed by atoms with Crippen molar-refractivity contribution >= 4 is 23.4 Å². The summed E-state index contributed by atoms with van der Waals surface area (Å²) in [6.07, 6.45) is 5.15. The predicted octanol–water partition coefficient (Wildman–Crippen LogP) is 2.78. The molecule has 1 aliphatic heterocycles. The van der Waals surface area contributed by atoms with Crippen molar-refractivity contribution < 1.29 is 0 Å². The highest BCUT2D eigenvalue weighted by Gasteiger charge is 2.16. The number of hydrogen-bond donors (Lipinski definition) is 2. The molecule has 100 valence electrons. The molecule has 0 radical (unpaired) electrons. The van der Waals surface area contributed by atoms with E-state index in [0.29, 0.717) is 6.04 Å². The predicted molar refractivity (Wildman–Crippen MR) is 79.5 cm³/mol. The Morgan fingerprint density at radius 2 is 2.17 bits per heavy atom. The Hall–Kier alpha value is -0.970. The zero-order valence-electron chi connectivity index (χ0n) is 11.2. The minimum Gasteiger partial charge on any atom is -0.370 e. The summed E-state index contributed by atoms with van der Waals surface area (Å²) in [7, 11) is 0. The SMILES string of the molecule is CCNc1ncnc(NC2CCCSC2)c1CC. The fraction of sp³-hybridized carbons (Fsp3) is 0.692. The van der Waals surface area contributed by atoms with Crippen LogP contribution in [-0.2, 0) is 6.42 Å². The van der Waals surface area contributed by atoms with Crippen LogP contribution in [0.25, 0.3) is 0 Å². The first kappa shape index (κ1) is 13.5. The molecule has 0 saturated carbocycles. The van der Waals surface area contributed by atoms with Crippen LogP contribution in [0.15, 0.2) is 6.33 Å². The lowest BCUT2D eigenvalue weighted by atomic mass is 10.1. The van der Waals surface area contributed by atoms with Gasteiger partial charge in [0.15, 0.2) is 0 Å². The number of nitrogens with one attached hydrogen (secondary N) is 2. The molecular formula is C13H22N4S. The Kier molecular flexibility index (Phi) is 5.11. The van der Waals surface area contributed by atoms with Gasteiger partial charge in [-0.2, -0.15) is 11.8 Å². The zero-order valence-corrected chi connectivity index (χ0v) is 12.0. The van der Waals surface area contributed by atoms with Gasteiger partial charge in [-0.05, 0) is 31.9 Å². The van der Waals surface area contributed by atoms with Crippen LogP contribution < -0.4 is 10.6 Å². The average Bonchev–Trinajstić information content (AvgIpc) is 2.41. The van der Waals surface area contributed by atoms with Crippen LogP contribution in [0, 0.1) is 0 Å². The lowest BCUT2D eigenvalue weighted by molar-refractivity contribution is 0.680. The molecule has 2 heterocycles. The Balaban J connectivity index is 2.12. The Morgan fingerprint density at radius 3 is 2.83 bits per heavy atom. The van der Waals surface area contributed by atoms with Gasteiger partial charge < -0.3 is 10.6 Å². The number of anilines is 2. The molecule has 1 aliphatic rings. The Morgan fingerprint density at radius 1 is 1.33 bits per heavy atom. The average molecular weight is 266 g/mol. The van der Waals surface area contributed by atoms with Crippen molar-refractivity contribution in [2.75, 3.05) is 28.7 Å². The summed E-state index contributed by atoms with van der Waals surface area (Å²) in [5.74, 6) is 4.46. The molecule has 0 aliphatic carbocycles. The van der Waals surface area contributed by atoms with Gasteiger partial charge in [0, 0.05) is 23.9 Å². The van der Waals surface area contributed by atoms with Crippen molar-refractivity contribution in [1.29, 1.82) is 0 Å². The van der Waals surface area contributed by atoms with Gasteiger partial charge in [-0.3, -0.25) is 0 Å². The summed E-state index contributed by atoms with van der Waals surface area (Å²) in [5.41, 5.74) is 1.20. The largest absolute Gasteiger partial charge is 0.370 e. The number of aromatic nitrogens is 2.